The summed E-state index contributed by atoms with van der Waals surface area (Å²) in [6, 6.07) is 9.27. The molecular formula is C17H17NO4. The Morgan fingerprint density at radius 1 is 1.09 bits per heavy atom. The first-order valence-electron chi connectivity index (χ1n) is 6.74. The van der Waals surface area contributed by atoms with Crippen LogP contribution in [-0.4, -0.2) is 23.5 Å². The van der Waals surface area contributed by atoms with Gasteiger partial charge in [0.25, 0.3) is 0 Å². The van der Waals surface area contributed by atoms with E-state index in [-0.39, 0.29) is 29.4 Å². The van der Waals surface area contributed by atoms with Crippen molar-refractivity contribution in [3.63, 3.8) is 0 Å². The van der Waals surface area contributed by atoms with Crippen LogP contribution >= 0.6 is 0 Å². The lowest BCUT2D eigenvalue weighted by Gasteiger charge is -2.08. The number of phenols is 1. The fourth-order valence-electron chi connectivity index (χ4n) is 1.93. The van der Waals surface area contributed by atoms with Gasteiger partial charge < -0.3 is 15.6 Å². The van der Waals surface area contributed by atoms with E-state index in [0.717, 1.165) is 11.1 Å². The molecule has 0 aliphatic rings. The molecule has 2 aromatic carbocycles. The van der Waals surface area contributed by atoms with Crippen LogP contribution in [0, 0.1) is 13.8 Å². The maximum absolute atomic E-state index is 12.0. The number of rotatable bonds is 4. The quantitative estimate of drug-likeness (QED) is 0.392. The number of phenolic OH excluding ortho intramolecular Hbond substituents is 1. The average Bonchev–Trinajstić information content (AvgIpc) is 2.49. The van der Waals surface area contributed by atoms with E-state index in [0.29, 0.717) is 5.56 Å². The molecule has 0 saturated carbocycles. The summed E-state index contributed by atoms with van der Waals surface area (Å²) in [5.41, 5.74) is 8.43. The summed E-state index contributed by atoms with van der Waals surface area (Å²) in [6.07, 6.45) is 0. The summed E-state index contributed by atoms with van der Waals surface area (Å²) in [5.74, 6) is -1.14. The number of Topliss-reactive ketones (excluding diaryl/α,β-unsaturated/α-hetero) is 1. The first-order chi connectivity index (χ1) is 10.4. The molecule has 0 aliphatic heterocycles. The van der Waals surface area contributed by atoms with Gasteiger partial charge >= 0.3 is 5.97 Å². The number of nitrogen functional groups attached to an aromatic ring is 1. The number of ether oxygens (including phenoxy) is 1. The van der Waals surface area contributed by atoms with Gasteiger partial charge in [0.05, 0.1) is 5.56 Å². The van der Waals surface area contributed by atoms with Gasteiger partial charge in [-0.15, -0.1) is 0 Å². The zero-order chi connectivity index (χ0) is 16.3. The van der Waals surface area contributed by atoms with Crippen molar-refractivity contribution in [3.8, 4) is 5.75 Å². The number of carbonyl (C=O) groups is 2. The topological polar surface area (TPSA) is 89.6 Å². The van der Waals surface area contributed by atoms with E-state index in [9.17, 15) is 14.7 Å². The molecule has 114 valence electrons. The Hall–Kier alpha value is -2.82. The van der Waals surface area contributed by atoms with Crippen molar-refractivity contribution in [1.29, 1.82) is 0 Å². The maximum Gasteiger partial charge on any atom is 0.340 e. The lowest BCUT2D eigenvalue weighted by Crippen LogP contribution is -2.15. The second-order valence-corrected chi connectivity index (χ2v) is 5.07. The third-order valence-corrected chi connectivity index (χ3v) is 3.42. The molecule has 2 aromatic rings. The monoisotopic (exact) mass is 299 g/mol. The van der Waals surface area contributed by atoms with E-state index in [1.165, 1.54) is 18.2 Å². The zero-order valence-electron chi connectivity index (χ0n) is 12.4. The summed E-state index contributed by atoms with van der Waals surface area (Å²) in [4.78, 5) is 23.9. The molecule has 5 nitrogen and oxygen atoms in total. The Morgan fingerprint density at radius 2 is 1.82 bits per heavy atom. The first kappa shape index (κ1) is 15.6. The molecule has 0 bridgehead atoms. The van der Waals surface area contributed by atoms with Crippen molar-refractivity contribution in [3.05, 3.63) is 58.7 Å². The van der Waals surface area contributed by atoms with Crippen molar-refractivity contribution in [2.24, 2.45) is 0 Å². The van der Waals surface area contributed by atoms with E-state index < -0.39 is 5.97 Å². The molecule has 2 rings (SSSR count). The second kappa shape index (κ2) is 6.30. The highest BCUT2D eigenvalue weighted by molar-refractivity contribution is 6.01. The van der Waals surface area contributed by atoms with Crippen LogP contribution in [0.15, 0.2) is 36.4 Å². The van der Waals surface area contributed by atoms with E-state index in [1.807, 2.05) is 19.9 Å². The fraction of sp³-hybridized carbons (Fsp3) is 0.176. The number of esters is 1. The lowest BCUT2D eigenvalue weighted by molar-refractivity contribution is 0.0475. The summed E-state index contributed by atoms with van der Waals surface area (Å²) in [5, 5.41) is 9.37. The highest BCUT2D eigenvalue weighted by atomic mass is 16.5. The molecule has 5 heteroatoms. The third-order valence-electron chi connectivity index (χ3n) is 3.42. The van der Waals surface area contributed by atoms with Crippen LogP contribution in [0.3, 0.4) is 0 Å². The fourth-order valence-corrected chi connectivity index (χ4v) is 1.93. The van der Waals surface area contributed by atoms with Crippen molar-refractivity contribution in [2.45, 2.75) is 13.8 Å². The van der Waals surface area contributed by atoms with Crippen molar-refractivity contribution >= 4 is 17.4 Å². The SMILES string of the molecule is Cc1ccc(C(=O)COC(=O)c2cc(O)ccc2N)cc1C. The standard InChI is InChI=1S/C17H17NO4/c1-10-3-4-12(7-11(10)2)16(20)9-22-17(21)14-8-13(19)5-6-15(14)18/h3-8,19H,9,18H2,1-2H3. The molecule has 3 N–H and O–H groups in total. The number of aryl methyl sites for hydroxylation is 2. The molecule has 0 fully saturated rings. The molecule has 0 heterocycles. The van der Waals surface area contributed by atoms with Gasteiger partial charge in [0.15, 0.2) is 12.4 Å². The number of nitrogens with two attached hydrogens (primary N) is 1. The summed E-state index contributed by atoms with van der Waals surface area (Å²) < 4.78 is 4.97. The number of hydrogen-bond donors (Lipinski definition) is 2. The molecule has 0 spiro atoms. The van der Waals surface area contributed by atoms with E-state index in [2.05, 4.69) is 0 Å². The lowest BCUT2D eigenvalue weighted by atomic mass is 10.0. The number of hydrogen-bond acceptors (Lipinski definition) is 5. The van der Waals surface area contributed by atoms with E-state index in [1.54, 1.807) is 12.1 Å². The Balaban J connectivity index is 2.05. The van der Waals surface area contributed by atoms with Crippen LogP contribution in [0.4, 0.5) is 5.69 Å². The van der Waals surface area contributed by atoms with Crippen LogP contribution in [0.25, 0.3) is 0 Å². The van der Waals surface area contributed by atoms with Gasteiger partial charge in [0.1, 0.15) is 5.75 Å². The Morgan fingerprint density at radius 3 is 2.50 bits per heavy atom. The minimum absolute atomic E-state index is 0.0351. The van der Waals surface area contributed by atoms with Gasteiger partial charge in [-0.2, -0.15) is 0 Å². The largest absolute Gasteiger partial charge is 0.508 e. The van der Waals surface area contributed by atoms with Crippen molar-refractivity contribution in [2.75, 3.05) is 12.3 Å². The van der Waals surface area contributed by atoms with Gasteiger partial charge in [-0.25, -0.2) is 4.79 Å². The van der Waals surface area contributed by atoms with Gasteiger partial charge in [-0.3, -0.25) is 4.79 Å². The number of anilines is 1. The van der Waals surface area contributed by atoms with Gasteiger partial charge in [0, 0.05) is 11.3 Å². The highest BCUT2D eigenvalue weighted by Crippen LogP contribution is 2.19. The average molecular weight is 299 g/mol. The van der Waals surface area contributed by atoms with Crippen LogP contribution in [-0.2, 0) is 4.74 Å². The van der Waals surface area contributed by atoms with E-state index >= 15 is 0 Å². The number of ketones is 1. The molecule has 0 atom stereocenters. The van der Waals surface area contributed by atoms with Gasteiger partial charge in [0.2, 0.25) is 0 Å². The molecular weight excluding hydrogens is 282 g/mol. The second-order valence-electron chi connectivity index (χ2n) is 5.07. The Kier molecular flexibility index (Phi) is 4.46. The summed E-state index contributed by atoms with van der Waals surface area (Å²) in [6.45, 7) is 3.48. The maximum atomic E-state index is 12.0. The Bertz CT molecular complexity index is 737. The van der Waals surface area contributed by atoms with Crippen LogP contribution in [0.2, 0.25) is 0 Å². The molecule has 0 aliphatic carbocycles. The van der Waals surface area contributed by atoms with Gasteiger partial charge in [-0.1, -0.05) is 12.1 Å². The Labute approximate surface area is 128 Å². The molecule has 0 unspecified atom stereocenters. The predicted octanol–water partition coefficient (Wildman–Crippen LogP) is 2.63. The summed E-state index contributed by atoms with van der Waals surface area (Å²) >= 11 is 0. The molecule has 0 aromatic heterocycles. The third kappa shape index (κ3) is 3.44. The minimum Gasteiger partial charge on any atom is -0.508 e. The van der Waals surface area contributed by atoms with Crippen LogP contribution < -0.4 is 5.73 Å². The van der Waals surface area contributed by atoms with Crippen molar-refractivity contribution in [1.82, 2.24) is 0 Å². The number of benzene rings is 2. The molecule has 0 saturated heterocycles. The normalized spacial score (nSPS) is 10.3. The summed E-state index contributed by atoms with van der Waals surface area (Å²) in [7, 11) is 0. The molecule has 0 radical (unpaired) electrons. The van der Waals surface area contributed by atoms with Crippen molar-refractivity contribution < 1.29 is 19.4 Å². The smallest absolute Gasteiger partial charge is 0.340 e. The molecule has 22 heavy (non-hydrogen) atoms. The molecule has 0 amide bonds. The predicted molar refractivity (Wildman–Crippen MR) is 83.0 cm³/mol. The van der Waals surface area contributed by atoms with Gasteiger partial charge in [-0.05, 0) is 49.2 Å². The minimum atomic E-state index is -0.745. The van der Waals surface area contributed by atoms with E-state index in [4.69, 9.17) is 10.5 Å². The zero-order valence-corrected chi connectivity index (χ0v) is 12.4. The first-order valence-corrected chi connectivity index (χ1v) is 6.74. The highest BCUT2D eigenvalue weighted by Gasteiger charge is 2.15. The number of aromatic hydroxyl groups is 1. The van der Waals surface area contributed by atoms with Crippen LogP contribution in [0.5, 0.6) is 5.75 Å². The van der Waals surface area contributed by atoms with Crippen LogP contribution in [0.1, 0.15) is 31.8 Å². The number of carbonyl (C=O) groups excluding carboxylic acids is 2.